The number of likely N-dealkylation sites (tertiary alicyclic amines) is 1. The number of nitrogens with zero attached hydrogens (tertiary/aromatic N) is 2. The summed E-state index contributed by atoms with van der Waals surface area (Å²) < 4.78 is 5.92. The molecule has 7 nitrogen and oxygen atoms in total. The van der Waals surface area contributed by atoms with Crippen LogP contribution in [-0.2, 0) is 16.1 Å². The normalized spacial score (nSPS) is 21.8. The first-order valence-electron chi connectivity index (χ1n) is 11.2. The lowest BCUT2D eigenvalue weighted by molar-refractivity contribution is -0.124. The van der Waals surface area contributed by atoms with Gasteiger partial charge in [0.15, 0.2) is 0 Å². The zero-order valence-corrected chi connectivity index (χ0v) is 18.5. The second kappa shape index (κ2) is 10.8. The molecule has 0 saturated carbocycles. The van der Waals surface area contributed by atoms with E-state index >= 15 is 0 Å². The number of anilines is 1. The van der Waals surface area contributed by atoms with Crippen molar-refractivity contribution < 1.29 is 14.3 Å². The molecule has 2 heterocycles. The lowest BCUT2D eigenvalue weighted by Gasteiger charge is -2.32. The van der Waals surface area contributed by atoms with Gasteiger partial charge in [-0.3, -0.25) is 9.69 Å². The molecular formula is C23H36N4O3. The third kappa shape index (κ3) is 5.95. The second-order valence-corrected chi connectivity index (χ2v) is 8.60. The van der Waals surface area contributed by atoms with Crippen molar-refractivity contribution in [2.75, 3.05) is 32.1 Å². The van der Waals surface area contributed by atoms with E-state index in [4.69, 9.17) is 4.74 Å². The van der Waals surface area contributed by atoms with E-state index in [1.165, 1.54) is 18.4 Å². The number of hydrogen-bond acceptors (Lipinski definition) is 4. The van der Waals surface area contributed by atoms with E-state index in [9.17, 15) is 9.59 Å². The third-order valence-corrected chi connectivity index (χ3v) is 6.10. The Morgan fingerprint density at radius 3 is 2.57 bits per heavy atom. The van der Waals surface area contributed by atoms with Crippen LogP contribution in [0.2, 0.25) is 0 Å². The lowest BCUT2D eigenvalue weighted by atomic mass is 10.1. The number of carbonyl (C=O) groups is 2. The Kier molecular flexibility index (Phi) is 8.10. The summed E-state index contributed by atoms with van der Waals surface area (Å²) in [5.74, 6) is -0.103. The van der Waals surface area contributed by atoms with E-state index in [2.05, 4.69) is 41.5 Å². The first kappa shape index (κ1) is 22.6. The van der Waals surface area contributed by atoms with Gasteiger partial charge in [-0.2, -0.15) is 0 Å². The van der Waals surface area contributed by atoms with Gasteiger partial charge in [-0.15, -0.1) is 0 Å². The van der Waals surface area contributed by atoms with Gasteiger partial charge in [0.05, 0.1) is 6.10 Å². The van der Waals surface area contributed by atoms with Gasteiger partial charge >= 0.3 is 6.03 Å². The van der Waals surface area contributed by atoms with Gasteiger partial charge < -0.3 is 20.3 Å². The Labute approximate surface area is 180 Å². The van der Waals surface area contributed by atoms with Crippen LogP contribution in [0, 0.1) is 0 Å². The number of carbonyl (C=O) groups excluding carboxylic acids is 2. The van der Waals surface area contributed by atoms with Crippen LogP contribution < -0.4 is 10.6 Å². The number of amides is 3. The molecule has 166 valence electrons. The summed E-state index contributed by atoms with van der Waals surface area (Å²) >= 11 is 0. The minimum absolute atomic E-state index is 0.103. The fourth-order valence-corrected chi connectivity index (χ4v) is 4.24. The molecule has 0 radical (unpaired) electrons. The number of ether oxygens (including phenoxy) is 1. The number of likely N-dealkylation sites (N-methyl/N-ethyl adjacent to an activating group) is 1. The Hall–Kier alpha value is -2.12. The van der Waals surface area contributed by atoms with Crippen LogP contribution in [0.5, 0.6) is 0 Å². The van der Waals surface area contributed by atoms with E-state index < -0.39 is 0 Å². The van der Waals surface area contributed by atoms with Gasteiger partial charge in [-0.25, -0.2) is 4.79 Å². The van der Waals surface area contributed by atoms with Crippen LogP contribution in [-0.4, -0.2) is 66.7 Å². The van der Waals surface area contributed by atoms with Crippen molar-refractivity contribution in [1.82, 2.24) is 15.1 Å². The predicted molar refractivity (Wildman–Crippen MR) is 118 cm³/mol. The van der Waals surface area contributed by atoms with Crippen molar-refractivity contribution in [3.8, 4) is 0 Å². The standard InChI is InChI=1S/C23H36N4O3/c1-17(2)26(16-20-7-4-5-14-30-20)15-18-9-11-19(12-10-18)25-23(29)27-13-6-8-21(27)22(28)24-3/h9-12,17,20-21H,4-8,13-16H2,1-3H3,(H,24,28)(H,25,29)/t20-,21+/m0/s1. The highest BCUT2D eigenvalue weighted by atomic mass is 16.5. The molecule has 0 aliphatic carbocycles. The molecule has 2 saturated heterocycles. The van der Waals surface area contributed by atoms with Crippen molar-refractivity contribution in [3.05, 3.63) is 29.8 Å². The van der Waals surface area contributed by atoms with Crippen molar-refractivity contribution in [3.63, 3.8) is 0 Å². The smallest absolute Gasteiger partial charge is 0.322 e. The van der Waals surface area contributed by atoms with Crippen molar-refractivity contribution >= 4 is 17.6 Å². The highest BCUT2D eigenvalue weighted by molar-refractivity contribution is 5.94. The Morgan fingerprint density at radius 1 is 1.17 bits per heavy atom. The molecule has 3 rings (SSSR count). The maximum absolute atomic E-state index is 12.6. The molecule has 2 N–H and O–H groups in total. The molecule has 0 bridgehead atoms. The SMILES string of the molecule is CNC(=O)[C@H]1CCCN1C(=O)Nc1ccc(CN(C[C@@H]2CCCCO2)C(C)C)cc1. The van der Waals surface area contributed by atoms with E-state index in [1.807, 2.05) is 12.1 Å². The fraction of sp³-hybridized carbons (Fsp3) is 0.652. The average molecular weight is 417 g/mol. The number of urea groups is 1. The Morgan fingerprint density at radius 2 is 1.93 bits per heavy atom. The molecule has 2 atom stereocenters. The molecule has 2 aliphatic heterocycles. The zero-order valence-electron chi connectivity index (χ0n) is 18.5. The summed E-state index contributed by atoms with van der Waals surface area (Å²) in [6, 6.07) is 7.84. The first-order valence-corrected chi connectivity index (χ1v) is 11.2. The number of hydrogen-bond donors (Lipinski definition) is 2. The third-order valence-electron chi connectivity index (χ3n) is 6.10. The molecule has 2 fully saturated rings. The Balaban J connectivity index is 1.55. The van der Waals surface area contributed by atoms with Crippen LogP contribution in [0.4, 0.5) is 10.5 Å². The molecule has 30 heavy (non-hydrogen) atoms. The molecule has 0 spiro atoms. The highest BCUT2D eigenvalue weighted by Gasteiger charge is 2.33. The predicted octanol–water partition coefficient (Wildman–Crippen LogP) is 3.21. The lowest BCUT2D eigenvalue weighted by Crippen LogP contribution is -2.46. The van der Waals surface area contributed by atoms with Crippen molar-refractivity contribution in [1.29, 1.82) is 0 Å². The average Bonchev–Trinajstić information content (AvgIpc) is 3.25. The maximum Gasteiger partial charge on any atom is 0.322 e. The quantitative estimate of drug-likeness (QED) is 0.716. The number of rotatable bonds is 7. The number of benzene rings is 1. The minimum atomic E-state index is -0.379. The van der Waals surface area contributed by atoms with Crippen LogP contribution in [0.3, 0.4) is 0 Å². The van der Waals surface area contributed by atoms with Gasteiger partial charge in [0.1, 0.15) is 6.04 Å². The molecule has 0 aromatic heterocycles. The monoisotopic (exact) mass is 416 g/mol. The summed E-state index contributed by atoms with van der Waals surface area (Å²) in [6.45, 7) is 7.73. The fourth-order valence-electron chi connectivity index (χ4n) is 4.24. The van der Waals surface area contributed by atoms with Crippen molar-refractivity contribution in [2.45, 2.75) is 70.7 Å². The summed E-state index contributed by atoms with van der Waals surface area (Å²) in [5.41, 5.74) is 1.96. The van der Waals surface area contributed by atoms with Crippen molar-refractivity contribution in [2.24, 2.45) is 0 Å². The van der Waals surface area contributed by atoms with E-state index in [1.54, 1.807) is 11.9 Å². The van der Waals surface area contributed by atoms with Gasteiger partial charge in [0, 0.05) is 45.0 Å². The zero-order chi connectivity index (χ0) is 21.5. The van der Waals surface area contributed by atoms with Crippen LogP contribution >= 0.6 is 0 Å². The van der Waals surface area contributed by atoms with Gasteiger partial charge in [0.25, 0.3) is 0 Å². The van der Waals surface area contributed by atoms with Gasteiger partial charge in [-0.1, -0.05) is 12.1 Å². The summed E-state index contributed by atoms with van der Waals surface area (Å²) in [7, 11) is 1.61. The Bertz CT molecular complexity index is 701. The van der Waals surface area contributed by atoms with E-state index in [0.29, 0.717) is 25.1 Å². The minimum Gasteiger partial charge on any atom is -0.377 e. The topological polar surface area (TPSA) is 73.9 Å². The molecule has 1 aromatic carbocycles. The van der Waals surface area contributed by atoms with Gasteiger partial charge in [-0.05, 0) is 63.6 Å². The highest BCUT2D eigenvalue weighted by Crippen LogP contribution is 2.21. The maximum atomic E-state index is 12.6. The molecule has 2 aliphatic rings. The second-order valence-electron chi connectivity index (χ2n) is 8.60. The van der Waals surface area contributed by atoms with Crippen LogP contribution in [0.1, 0.15) is 51.5 Å². The summed E-state index contributed by atoms with van der Waals surface area (Å²) in [6.07, 6.45) is 5.45. The molecule has 3 amide bonds. The summed E-state index contributed by atoms with van der Waals surface area (Å²) in [5, 5.41) is 5.58. The van der Waals surface area contributed by atoms with E-state index in [-0.39, 0.29) is 18.0 Å². The molecule has 0 unspecified atom stereocenters. The van der Waals surface area contributed by atoms with E-state index in [0.717, 1.165) is 38.2 Å². The number of nitrogens with one attached hydrogen (secondary N) is 2. The molecular weight excluding hydrogens is 380 g/mol. The van der Waals surface area contributed by atoms with Gasteiger partial charge in [0.2, 0.25) is 5.91 Å². The molecule has 1 aromatic rings. The van der Waals surface area contributed by atoms with Crippen LogP contribution in [0.15, 0.2) is 24.3 Å². The first-order chi connectivity index (χ1) is 14.5. The van der Waals surface area contributed by atoms with Crippen LogP contribution in [0.25, 0.3) is 0 Å². The molecule has 7 heteroatoms. The largest absolute Gasteiger partial charge is 0.377 e. The summed E-state index contributed by atoms with van der Waals surface area (Å²) in [4.78, 5) is 28.7.